The van der Waals surface area contributed by atoms with E-state index in [-0.39, 0.29) is 17.2 Å². The van der Waals surface area contributed by atoms with Crippen LogP contribution in [0.4, 0.5) is 4.39 Å². The summed E-state index contributed by atoms with van der Waals surface area (Å²) in [4.78, 5) is 4.54. The van der Waals surface area contributed by atoms with Gasteiger partial charge in [0.15, 0.2) is 0 Å². The zero-order valence-electron chi connectivity index (χ0n) is 11.0. The smallest absolute Gasteiger partial charge is 0.139 e. The lowest BCUT2D eigenvalue weighted by molar-refractivity contribution is 0.588. The van der Waals surface area contributed by atoms with Gasteiger partial charge in [-0.05, 0) is 42.1 Å². The Bertz CT molecular complexity index is 600. The summed E-state index contributed by atoms with van der Waals surface area (Å²) in [5.41, 5.74) is 1.56. The van der Waals surface area contributed by atoms with Gasteiger partial charge in [0.1, 0.15) is 11.6 Å². The van der Waals surface area contributed by atoms with Gasteiger partial charge in [-0.25, -0.2) is 9.37 Å². The molecule has 1 aromatic carbocycles. The summed E-state index contributed by atoms with van der Waals surface area (Å²) < 4.78 is 16.2. The number of benzene rings is 1. The van der Waals surface area contributed by atoms with E-state index >= 15 is 0 Å². The van der Waals surface area contributed by atoms with Gasteiger partial charge in [0.05, 0.1) is 20.9 Å². The highest BCUT2D eigenvalue weighted by Gasteiger charge is 2.20. The molecule has 2 nitrogen and oxygen atoms in total. The zero-order chi connectivity index (χ0) is 14.2. The number of imidazole rings is 1. The van der Waals surface area contributed by atoms with Crippen LogP contribution in [0.2, 0.25) is 0 Å². The van der Waals surface area contributed by atoms with E-state index in [0.29, 0.717) is 4.47 Å². The van der Waals surface area contributed by atoms with Gasteiger partial charge in [0, 0.05) is 17.9 Å². The van der Waals surface area contributed by atoms with E-state index in [4.69, 9.17) is 11.6 Å². The third kappa shape index (κ3) is 2.93. The van der Waals surface area contributed by atoms with Gasteiger partial charge in [-0.1, -0.05) is 0 Å². The average molecular weight is 366 g/mol. The van der Waals surface area contributed by atoms with Gasteiger partial charge in [-0.3, -0.25) is 0 Å². The van der Waals surface area contributed by atoms with Crippen LogP contribution in [0.3, 0.4) is 0 Å². The number of hydrogen-bond acceptors (Lipinski definition) is 2. The lowest BCUT2D eigenvalue weighted by Crippen LogP contribution is -2.12. The monoisotopic (exact) mass is 364 g/mol. The predicted octanol–water partition coefficient (Wildman–Crippen LogP) is 5.16. The third-order valence-corrected chi connectivity index (χ3v) is 4.58. The van der Waals surface area contributed by atoms with Crippen LogP contribution in [-0.2, 0) is 0 Å². The van der Waals surface area contributed by atoms with Crippen LogP contribution in [0.25, 0.3) is 11.0 Å². The van der Waals surface area contributed by atoms with Crippen molar-refractivity contribution in [2.75, 3.05) is 12.0 Å². The van der Waals surface area contributed by atoms with Crippen molar-refractivity contribution in [3.05, 3.63) is 28.2 Å². The topological polar surface area (TPSA) is 17.8 Å². The Morgan fingerprint density at radius 3 is 2.74 bits per heavy atom. The number of nitrogens with zero attached hydrogens (tertiary/aromatic N) is 2. The molecule has 2 atom stereocenters. The van der Waals surface area contributed by atoms with Gasteiger partial charge < -0.3 is 4.57 Å². The first-order valence-electron chi connectivity index (χ1n) is 5.95. The molecule has 104 valence electrons. The van der Waals surface area contributed by atoms with Crippen molar-refractivity contribution in [2.45, 2.75) is 25.3 Å². The van der Waals surface area contributed by atoms with Crippen molar-refractivity contribution in [1.29, 1.82) is 0 Å². The number of thioether (sulfide) groups is 1. The minimum Gasteiger partial charge on any atom is -0.323 e. The molecule has 2 unspecified atom stereocenters. The molecule has 0 spiro atoms. The largest absolute Gasteiger partial charge is 0.323 e. The van der Waals surface area contributed by atoms with E-state index in [9.17, 15) is 4.39 Å². The van der Waals surface area contributed by atoms with Gasteiger partial charge in [-0.2, -0.15) is 11.8 Å². The molecule has 19 heavy (non-hydrogen) atoms. The Morgan fingerprint density at radius 2 is 2.16 bits per heavy atom. The van der Waals surface area contributed by atoms with Crippen LogP contribution < -0.4 is 0 Å². The van der Waals surface area contributed by atoms with Crippen LogP contribution in [-0.4, -0.2) is 21.6 Å². The molecule has 0 saturated heterocycles. The van der Waals surface area contributed by atoms with Crippen molar-refractivity contribution in [2.24, 2.45) is 0 Å². The first kappa shape index (κ1) is 15.1. The molecule has 0 N–H and O–H groups in total. The van der Waals surface area contributed by atoms with Gasteiger partial charge in [-0.15, -0.1) is 11.6 Å². The number of fused-ring (bicyclic) bond motifs is 1. The normalized spacial score (nSPS) is 14.8. The maximum Gasteiger partial charge on any atom is 0.139 e. The Hall–Kier alpha value is -0.260. The molecule has 0 aliphatic heterocycles. The predicted molar refractivity (Wildman–Crippen MR) is 84.8 cm³/mol. The fourth-order valence-electron chi connectivity index (χ4n) is 2.17. The molecular formula is C13H15BrClFN2S. The second-order valence-electron chi connectivity index (χ2n) is 4.52. The van der Waals surface area contributed by atoms with E-state index in [1.165, 1.54) is 6.07 Å². The summed E-state index contributed by atoms with van der Waals surface area (Å²) in [7, 11) is 0. The summed E-state index contributed by atoms with van der Waals surface area (Å²) in [5, 5.41) is -0.210. The van der Waals surface area contributed by atoms with Gasteiger partial charge >= 0.3 is 0 Å². The number of alkyl halides is 1. The first-order valence-corrected chi connectivity index (χ1v) is 8.58. The van der Waals surface area contributed by atoms with Crippen LogP contribution in [0, 0.1) is 5.82 Å². The summed E-state index contributed by atoms with van der Waals surface area (Å²) in [5.74, 6) is 1.44. The summed E-state index contributed by atoms with van der Waals surface area (Å²) in [6.45, 7) is 3.98. The molecule has 0 radical (unpaired) electrons. The lowest BCUT2D eigenvalue weighted by Gasteiger charge is -2.17. The van der Waals surface area contributed by atoms with Gasteiger partial charge in [0.2, 0.25) is 0 Å². The molecule has 0 aliphatic carbocycles. The van der Waals surface area contributed by atoms with Gasteiger partial charge in [0.25, 0.3) is 0 Å². The second-order valence-corrected chi connectivity index (χ2v) is 6.94. The Kier molecular flexibility index (Phi) is 4.79. The Balaban J connectivity index is 2.69. The fraction of sp³-hybridized carbons (Fsp3) is 0.462. The minimum absolute atomic E-state index is 0.210. The van der Waals surface area contributed by atoms with Crippen LogP contribution >= 0.6 is 39.3 Å². The number of halogens is 3. The Morgan fingerprint density at radius 1 is 1.47 bits per heavy atom. The maximum absolute atomic E-state index is 13.8. The molecule has 1 heterocycles. The molecule has 0 amide bonds. The summed E-state index contributed by atoms with van der Waals surface area (Å²) in [6.07, 6.45) is 2.05. The molecule has 0 fully saturated rings. The highest BCUT2D eigenvalue weighted by Crippen LogP contribution is 2.31. The molecule has 1 aromatic heterocycles. The van der Waals surface area contributed by atoms with E-state index in [1.54, 1.807) is 17.8 Å². The number of rotatable bonds is 4. The molecule has 0 saturated carbocycles. The quantitative estimate of drug-likeness (QED) is 0.696. The molecule has 0 bridgehead atoms. The SMILES string of the molecule is CSCC(C)n1c(C(C)Cl)nc2cc(Br)c(F)cc21. The number of hydrogen-bond donors (Lipinski definition) is 0. The third-order valence-electron chi connectivity index (χ3n) is 2.96. The van der Waals surface area contributed by atoms with Crippen LogP contribution in [0.1, 0.15) is 31.1 Å². The van der Waals surface area contributed by atoms with Crippen molar-refractivity contribution < 1.29 is 4.39 Å². The minimum atomic E-state index is -0.279. The maximum atomic E-state index is 13.8. The molecule has 6 heteroatoms. The van der Waals surface area contributed by atoms with Crippen molar-refractivity contribution >= 4 is 50.3 Å². The van der Waals surface area contributed by atoms with E-state index < -0.39 is 0 Å². The van der Waals surface area contributed by atoms with Crippen LogP contribution in [0.15, 0.2) is 16.6 Å². The lowest BCUT2D eigenvalue weighted by atomic mass is 10.2. The summed E-state index contributed by atoms with van der Waals surface area (Å²) >= 11 is 11.2. The number of aromatic nitrogens is 2. The summed E-state index contributed by atoms with van der Waals surface area (Å²) in [6, 6.07) is 3.44. The molecule has 0 aliphatic rings. The molecular weight excluding hydrogens is 351 g/mol. The van der Waals surface area contributed by atoms with Crippen molar-refractivity contribution in [1.82, 2.24) is 9.55 Å². The standard InChI is InChI=1S/C13H15BrClFN2S/c1-7(6-19-3)18-12-5-10(16)9(14)4-11(12)17-13(18)8(2)15/h4-5,7-8H,6H2,1-3H3. The van der Waals surface area contributed by atoms with Crippen molar-refractivity contribution in [3.8, 4) is 0 Å². The zero-order valence-corrected chi connectivity index (χ0v) is 14.1. The second kappa shape index (κ2) is 6.02. The highest BCUT2D eigenvalue weighted by molar-refractivity contribution is 9.10. The van der Waals surface area contributed by atoms with Crippen molar-refractivity contribution in [3.63, 3.8) is 0 Å². The highest BCUT2D eigenvalue weighted by atomic mass is 79.9. The molecule has 2 rings (SSSR count). The van der Waals surface area contributed by atoms with E-state index in [0.717, 1.165) is 22.6 Å². The van der Waals surface area contributed by atoms with E-state index in [1.807, 2.05) is 11.5 Å². The van der Waals surface area contributed by atoms with Crippen LogP contribution in [0.5, 0.6) is 0 Å². The molecule has 2 aromatic rings. The fourth-order valence-corrected chi connectivity index (χ4v) is 3.29. The Labute approximate surface area is 129 Å². The van der Waals surface area contributed by atoms with E-state index in [2.05, 4.69) is 34.1 Å². The average Bonchev–Trinajstić information content (AvgIpc) is 2.69. The first-order chi connectivity index (χ1) is 8.95.